The van der Waals surface area contributed by atoms with E-state index in [1.54, 1.807) is 36.9 Å². The molecule has 0 fully saturated rings. The van der Waals surface area contributed by atoms with E-state index in [-0.39, 0.29) is 36.6 Å². The predicted molar refractivity (Wildman–Crippen MR) is 134 cm³/mol. The Morgan fingerprint density at radius 3 is 2.43 bits per heavy atom. The zero-order valence-electron chi connectivity index (χ0n) is 20.4. The van der Waals surface area contributed by atoms with Gasteiger partial charge in [0.1, 0.15) is 11.2 Å². The molecule has 0 aliphatic heterocycles. The molecular formula is C27H29N3O5. The second-order valence-electron chi connectivity index (χ2n) is 9.58. The number of aryl methyl sites for hydroxylation is 1. The molecule has 4 aromatic rings. The van der Waals surface area contributed by atoms with Gasteiger partial charge in [0.05, 0.1) is 6.26 Å². The number of rotatable bonds is 7. The van der Waals surface area contributed by atoms with Crippen molar-refractivity contribution >= 4 is 33.8 Å². The normalized spacial score (nSPS) is 11.7. The van der Waals surface area contributed by atoms with Crippen LogP contribution in [0.2, 0.25) is 0 Å². The van der Waals surface area contributed by atoms with Crippen molar-refractivity contribution in [2.75, 3.05) is 13.1 Å². The van der Waals surface area contributed by atoms with Gasteiger partial charge in [0.25, 0.3) is 5.91 Å². The summed E-state index contributed by atoms with van der Waals surface area (Å²) < 4.78 is 11.3. The SMILES string of the molecule is Cc1c(CCC(=O)NCCNC(=O)c2ccncc2)c(=O)oc2cc3occ(C(C)(C)C)c3cc12. The number of nitrogens with one attached hydrogen (secondary N) is 2. The van der Waals surface area contributed by atoms with Gasteiger partial charge in [-0.15, -0.1) is 0 Å². The molecule has 2 amide bonds. The Kier molecular flexibility index (Phi) is 6.73. The third-order valence-corrected chi connectivity index (χ3v) is 6.07. The molecule has 0 aliphatic carbocycles. The number of hydrogen-bond donors (Lipinski definition) is 2. The minimum absolute atomic E-state index is 0.0961. The fourth-order valence-corrected chi connectivity index (χ4v) is 4.09. The Morgan fingerprint density at radius 2 is 1.71 bits per heavy atom. The number of hydrogen-bond acceptors (Lipinski definition) is 6. The molecule has 0 saturated carbocycles. The topological polar surface area (TPSA) is 114 Å². The van der Waals surface area contributed by atoms with E-state index in [1.165, 1.54) is 0 Å². The zero-order chi connectivity index (χ0) is 25.2. The van der Waals surface area contributed by atoms with E-state index < -0.39 is 5.63 Å². The van der Waals surface area contributed by atoms with Crippen molar-refractivity contribution in [3.63, 3.8) is 0 Å². The number of fused-ring (bicyclic) bond motifs is 2. The van der Waals surface area contributed by atoms with E-state index in [1.807, 2.05) is 13.0 Å². The first-order valence-electron chi connectivity index (χ1n) is 11.6. The lowest BCUT2D eigenvalue weighted by Crippen LogP contribution is -2.34. The smallest absolute Gasteiger partial charge is 0.339 e. The molecule has 3 aromatic heterocycles. The van der Waals surface area contributed by atoms with Gasteiger partial charge in [-0.3, -0.25) is 14.6 Å². The van der Waals surface area contributed by atoms with Crippen LogP contribution in [0.3, 0.4) is 0 Å². The number of carbonyl (C=O) groups excluding carboxylic acids is 2. The first kappa shape index (κ1) is 24.2. The molecule has 0 atom stereocenters. The summed E-state index contributed by atoms with van der Waals surface area (Å²) in [4.78, 5) is 40.9. The summed E-state index contributed by atoms with van der Waals surface area (Å²) in [6, 6.07) is 6.99. The van der Waals surface area contributed by atoms with E-state index in [0.29, 0.717) is 28.8 Å². The van der Waals surface area contributed by atoms with Gasteiger partial charge >= 0.3 is 5.63 Å². The Balaban J connectivity index is 1.41. The third-order valence-electron chi connectivity index (χ3n) is 6.07. The number of benzene rings is 1. The molecule has 0 radical (unpaired) electrons. The van der Waals surface area contributed by atoms with Crippen LogP contribution in [0.4, 0.5) is 0 Å². The maximum Gasteiger partial charge on any atom is 0.339 e. The number of amides is 2. The second-order valence-corrected chi connectivity index (χ2v) is 9.58. The molecule has 3 heterocycles. The highest BCUT2D eigenvalue weighted by Gasteiger charge is 2.21. The molecule has 182 valence electrons. The standard InChI is InChI=1S/C27H29N3O5/c1-16-18(5-6-24(31)29-11-12-30-25(32)17-7-9-28-10-8-17)26(33)35-23-14-22-20(13-19(16)23)21(15-34-22)27(2,3)4/h7-10,13-15H,5-6,11-12H2,1-4H3,(H,29,31)(H,30,32). The molecular weight excluding hydrogens is 446 g/mol. The van der Waals surface area contributed by atoms with Gasteiger partial charge in [0.15, 0.2) is 0 Å². The van der Waals surface area contributed by atoms with Crippen LogP contribution in [0, 0.1) is 6.92 Å². The van der Waals surface area contributed by atoms with E-state index in [4.69, 9.17) is 8.83 Å². The molecule has 2 N–H and O–H groups in total. The first-order valence-corrected chi connectivity index (χ1v) is 11.6. The van der Waals surface area contributed by atoms with Crippen LogP contribution in [0.25, 0.3) is 21.9 Å². The van der Waals surface area contributed by atoms with Crippen molar-refractivity contribution < 1.29 is 18.4 Å². The average Bonchev–Trinajstić information content (AvgIpc) is 3.24. The molecule has 0 bridgehead atoms. The molecule has 4 rings (SSSR count). The lowest BCUT2D eigenvalue weighted by Gasteiger charge is -2.16. The van der Waals surface area contributed by atoms with Crippen LogP contribution >= 0.6 is 0 Å². The van der Waals surface area contributed by atoms with Crippen LogP contribution in [-0.2, 0) is 16.6 Å². The van der Waals surface area contributed by atoms with Gasteiger partial charge in [0.2, 0.25) is 5.91 Å². The average molecular weight is 476 g/mol. The van der Waals surface area contributed by atoms with Crippen molar-refractivity contribution in [2.45, 2.75) is 46.0 Å². The monoisotopic (exact) mass is 475 g/mol. The summed E-state index contributed by atoms with van der Waals surface area (Å²) in [5.74, 6) is -0.435. The van der Waals surface area contributed by atoms with Gasteiger partial charge in [-0.05, 0) is 42.5 Å². The van der Waals surface area contributed by atoms with Crippen LogP contribution in [0.1, 0.15) is 54.2 Å². The predicted octanol–water partition coefficient (Wildman–Crippen LogP) is 4.02. The summed E-state index contributed by atoms with van der Waals surface area (Å²) in [6.07, 6.45) is 5.24. The summed E-state index contributed by atoms with van der Waals surface area (Å²) in [7, 11) is 0. The minimum atomic E-state index is -0.450. The van der Waals surface area contributed by atoms with Crippen molar-refractivity contribution in [2.24, 2.45) is 0 Å². The quantitative estimate of drug-likeness (QED) is 0.308. The zero-order valence-corrected chi connectivity index (χ0v) is 20.4. The Labute approximate surface area is 202 Å². The van der Waals surface area contributed by atoms with Crippen LogP contribution < -0.4 is 16.3 Å². The lowest BCUT2D eigenvalue weighted by molar-refractivity contribution is -0.121. The van der Waals surface area contributed by atoms with Gasteiger partial charge in [-0.25, -0.2) is 4.79 Å². The Bertz CT molecular complexity index is 1450. The van der Waals surface area contributed by atoms with E-state index >= 15 is 0 Å². The molecule has 8 nitrogen and oxygen atoms in total. The number of aromatic nitrogens is 1. The molecule has 0 aliphatic rings. The second kappa shape index (κ2) is 9.74. The van der Waals surface area contributed by atoms with Crippen molar-refractivity contribution in [3.05, 3.63) is 75.6 Å². The number of nitrogens with zero attached hydrogens (tertiary/aromatic N) is 1. The van der Waals surface area contributed by atoms with E-state index in [9.17, 15) is 14.4 Å². The van der Waals surface area contributed by atoms with Crippen molar-refractivity contribution in [1.29, 1.82) is 0 Å². The van der Waals surface area contributed by atoms with E-state index in [0.717, 1.165) is 21.9 Å². The largest absolute Gasteiger partial charge is 0.464 e. The van der Waals surface area contributed by atoms with Crippen LogP contribution in [-0.4, -0.2) is 29.9 Å². The van der Waals surface area contributed by atoms with Crippen molar-refractivity contribution in [1.82, 2.24) is 15.6 Å². The first-order chi connectivity index (χ1) is 16.6. The number of carbonyl (C=O) groups is 2. The molecule has 0 unspecified atom stereocenters. The highest BCUT2D eigenvalue weighted by molar-refractivity contribution is 5.97. The molecule has 35 heavy (non-hydrogen) atoms. The fourth-order valence-electron chi connectivity index (χ4n) is 4.09. The van der Waals surface area contributed by atoms with E-state index in [2.05, 4.69) is 36.4 Å². The van der Waals surface area contributed by atoms with Gasteiger partial charge in [-0.1, -0.05) is 20.8 Å². The maximum absolute atomic E-state index is 12.7. The highest BCUT2D eigenvalue weighted by Crippen LogP contribution is 2.35. The molecule has 0 spiro atoms. The van der Waals surface area contributed by atoms with Crippen LogP contribution in [0.5, 0.6) is 0 Å². The number of pyridine rings is 1. The van der Waals surface area contributed by atoms with Gasteiger partial charge < -0.3 is 19.5 Å². The summed E-state index contributed by atoms with van der Waals surface area (Å²) in [6.45, 7) is 8.82. The third kappa shape index (κ3) is 5.26. The number of furan rings is 1. The molecule has 0 saturated heterocycles. The lowest BCUT2D eigenvalue weighted by atomic mass is 9.86. The molecule has 1 aromatic carbocycles. The fraction of sp³-hybridized carbons (Fsp3) is 0.333. The Hall–Kier alpha value is -3.94. The van der Waals surface area contributed by atoms with Crippen LogP contribution in [0.15, 0.2) is 56.6 Å². The van der Waals surface area contributed by atoms with Crippen molar-refractivity contribution in [3.8, 4) is 0 Å². The maximum atomic E-state index is 12.7. The minimum Gasteiger partial charge on any atom is -0.464 e. The summed E-state index contributed by atoms with van der Waals surface area (Å²) in [5.41, 5.74) is 3.47. The Morgan fingerprint density at radius 1 is 1.00 bits per heavy atom. The van der Waals surface area contributed by atoms with Gasteiger partial charge in [0, 0.05) is 65.4 Å². The summed E-state index contributed by atoms with van der Waals surface area (Å²) in [5, 5.41) is 7.33. The highest BCUT2D eigenvalue weighted by atomic mass is 16.4. The molecule has 8 heteroatoms. The van der Waals surface area contributed by atoms with Gasteiger partial charge in [-0.2, -0.15) is 0 Å². The summed E-state index contributed by atoms with van der Waals surface area (Å²) >= 11 is 0.